The van der Waals surface area contributed by atoms with E-state index in [-0.39, 0.29) is 0 Å². The predicted molar refractivity (Wildman–Crippen MR) is 62.2 cm³/mol. The van der Waals surface area contributed by atoms with Crippen LogP contribution in [0.15, 0.2) is 23.1 Å². The molecule has 1 aromatic carbocycles. The maximum Gasteiger partial charge on any atom is 0.123 e. The van der Waals surface area contributed by atoms with Crippen LogP contribution in [-0.4, -0.2) is 13.2 Å². The Hall–Kier alpha value is -0.670. The van der Waals surface area contributed by atoms with E-state index in [4.69, 9.17) is 10.5 Å². The number of benzene rings is 1. The van der Waals surface area contributed by atoms with E-state index in [1.165, 1.54) is 5.56 Å². The minimum absolute atomic E-state index is 0.819. The van der Waals surface area contributed by atoms with Gasteiger partial charge in [-0.05, 0) is 30.7 Å². The Balaban J connectivity index is 0.000000213. The topological polar surface area (TPSA) is 35.2 Å². The van der Waals surface area contributed by atoms with Crippen molar-refractivity contribution < 1.29 is 4.74 Å². The molecule has 14 heavy (non-hydrogen) atoms. The van der Waals surface area contributed by atoms with Gasteiger partial charge in [0.25, 0.3) is 0 Å². The van der Waals surface area contributed by atoms with Crippen molar-refractivity contribution >= 4 is 12.6 Å². The first-order valence-corrected chi connectivity index (χ1v) is 5.37. The SMILES string of the molecule is CCCN.Sc1ccc2c(c1)OCC2. The fraction of sp³-hybridized carbons (Fsp3) is 0.455. The number of thiol groups is 1. The van der Waals surface area contributed by atoms with Gasteiger partial charge in [-0.1, -0.05) is 13.0 Å². The van der Waals surface area contributed by atoms with Gasteiger partial charge in [-0.3, -0.25) is 0 Å². The molecule has 1 aliphatic rings. The molecule has 0 fully saturated rings. The lowest BCUT2D eigenvalue weighted by atomic mass is 10.2. The van der Waals surface area contributed by atoms with Gasteiger partial charge < -0.3 is 10.5 Å². The molecule has 0 saturated heterocycles. The van der Waals surface area contributed by atoms with Gasteiger partial charge in [-0.15, -0.1) is 12.6 Å². The van der Waals surface area contributed by atoms with Crippen LogP contribution in [0.4, 0.5) is 0 Å². The van der Waals surface area contributed by atoms with Crippen LogP contribution in [0.25, 0.3) is 0 Å². The Morgan fingerprint density at radius 1 is 1.50 bits per heavy atom. The number of nitrogens with two attached hydrogens (primary N) is 1. The third kappa shape index (κ3) is 3.24. The fourth-order valence-corrected chi connectivity index (χ4v) is 1.35. The van der Waals surface area contributed by atoms with Crippen LogP contribution in [0.1, 0.15) is 18.9 Å². The van der Waals surface area contributed by atoms with Gasteiger partial charge in [0.1, 0.15) is 5.75 Å². The minimum Gasteiger partial charge on any atom is -0.493 e. The summed E-state index contributed by atoms with van der Waals surface area (Å²) in [7, 11) is 0. The monoisotopic (exact) mass is 211 g/mol. The molecule has 0 bridgehead atoms. The summed E-state index contributed by atoms with van der Waals surface area (Å²) in [6.45, 7) is 3.70. The molecule has 0 radical (unpaired) electrons. The molecule has 1 heterocycles. The van der Waals surface area contributed by atoms with Crippen LogP contribution < -0.4 is 10.5 Å². The molecule has 3 heteroatoms. The van der Waals surface area contributed by atoms with Crippen LogP contribution in [0.3, 0.4) is 0 Å². The normalized spacial score (nSPS) is 12.5. The molecule has 2 nitrogen and oxygen atoms in total. The second kappa shape index (κ2) is 5.94. The predicted octanol–water partition coefficient (Wildman–Crippen LogP) is 2.27. The van der Waals surface area contributed by atoms with E-state index < -0.39 is 0 Å². The summed E-state index contributed by atoms with van der Waals surface area (Å²) in [6, 6.07) is 6.03. The third-order valence-electron chi connectivity index (χ3n) is 1.97. The highest BCUT2D eigenvalue weighted by molar-refractivity contribution is 7.80. The first-order chi connectivity index (χ1) is 6.77. The number of hydrogen-bond donors (Lipinski definition) is 2. The van der Waals surface area contributed by atoms with Crippen molar-refractivity contribution in [3.63, 3.8) is 0 Å². The molecule has 0 saturated carbocycles. The van der Waals surface area contributed by atoms with Crippen LogP contribution in [-0.2, 0) is 6.42 Å². The van der Waals surface area contributed by atoms with E-state index in [9.17, 15) is 0 Å². The van der Waals surface area contributed by atoms with Crippen molar-refractivity contribution in [2.24, 2.45) is 5.73 Å². The second-order valence-electron chi connectivity index (χ2n) is 3.18. The number of fused-ring (bicyclic) bond motifs is 1. The number of ether oxygens (including phenoxy) is 1. The summed E-state index contributed by atoms with van der Waals surface area (Å²) in [5.41, 5.74) is 6.33. The summed E-state index contributed by atoms with van der Waals surface area (Å²) >= 11 is 4.20. The Bertz CT molecular complexity index is 287. The standard InChI is InChI=1S/C8H8OS.C3H9N/c10-7-2-1-6-3-4-9-8(6)5-7;1-2-3-4/h1-2,5,10H,3-4H2;2-4H2,1H3. The molecule has 0 unspecified atom stereocenters. The average Bonchev–Trinajstić information content (AvgIpc) is 2.65. The van der Waals surface area contributed by atoms with Gasteiger partial charge >= 0.3 is 0 Å². The van der Waals surface area contributed by atoms with E-state index in [2.05, 4.69) is 25.6 Å². The molecule has 2 N–H and O–H groups in total. The molecule has 0 atom stereocenters. The minimum atomic E-state index is 0.819. The van der Waals surface area contributed by atoms with Crippen molar-refractivity contribution in [3.05, 3.63) is 23.8 Å². The van der Waals surface area contributed by atoms with Gasteiger partial charge in [0.2, 0.25) is 0 Å². The highest BCUT2D eigenvalue weighted by Crippen LogP contribution is 2.27. The molecule has 2 rings (SSSR count). The van der Waals surface area contributed by atoms with E-state index >= 15 is 0 Å². The van der Waals surface area contributed by atoms with E-state index in [1.54, 1.807) is 0 Å². The van der Waals surface area contributed by atoms with Crippen LogP contribution >= 0.6 is 12.6 Å². The summed E-state index contributed by atoms with van der Waals surface area (Å²) in [6.07, 6.45) is 2.14. The summed E-state index contributed by atoms with van der Waals surface area (Å²) in [5, 5.41) is 0. The van der Waals surface area contributed by atoms with E-state index in [1.807, 2.05) is 12.1 Å². The lowest BCUT2D eigenvalue weighted by Crippen LogP contribution is -1.93. The first kappa shape index (κ1) is 11.4. The molecule has 1 aliphatic heterocycles. The third-order valence-corrected chi connectivity index (χ3v) is 2.25. The zero-order valence-electron chi connectivity index (χ0n) is 8.49. The highest BCUT2D eigenvalue weighted by Gasteiger charge is 2.10. The molecule has 78 valence electrons. The van der Waals surface area contributed by atoms with Crippen molar-refractivity contribution in [1.29, 1.82) is 0 Å². The van der Waals surface area contributed by atoms with Crippen LogP contribution in [0.2, 0.25) is 0 Å². The molecular weight excluding hydrogens is 194 g/mol. The van der Waals surface area contributed by atoms with Crippen LogP contribution in [0.5, 0.6) is 5.75 Å². The molecule has 1 aromatic rings. The zero-order chi connectivity index (χ0) is 10.4. The van der Waals surface area contributed by atoms with Gasteiger partial charge in [-0.25, -0.2) is 0 Å². The maximum absolute atomic E-state index is 5.33. The van der Waals surface area contributed by atoms with Gasteiger partial charge in [-0.2, -0.15) is 0 Å². The Labute approximate surface area is 90.9 Å². The summed E-state index contributed by atoms with van der Waals surface area (Å²) < 4.78 is 5.33. The number of hydrogen-bond acceptors (Lipinski definition) is 3. The zero-order valence-corrected chi connectivity index (χ0v) is 9.39. The van der Waals surface area contributed by atoms with Crippen LogP contribution in [0, 0.1) is 0 Å². The van der Waals surface area contributed by atoms with Gasteiger partial charge in [0, 0.05) is 11.3 Å². The Morgan fingerprint density at radius 3 is 2.86 bits per heavy atom. The largest absolute Gasteiger partial charge is 0.493 e. The second-order valence-corrected chi connectivity index (χ2v) is 3.70. The summed E-state index contributed by atoms with van der Waals surface area (Å²) in [5.74, 6) is 1.01. The number of rotatable bonds is 1. The van der Waals surface area contributed by atoms with Gasteiger partial charge in [0.05, 0.1) is 6.61 Å². The fourth-order valence-electron chi connectivity index (χ4n) is 1.16. The smallest absolute Gasteiger partial charge is 0.123 e. The molecule has 0 aromatic heterocycles. The average molecular weight is 211 g/mol. The molecule has 0 amide bonds. The molecule has 0 aliphatic carbocycles. The van der Waals surface area contributed by atoms with Crippen molar-refractivity contribution in [2.75, 3.05) is 13.2 Å². The lowest BCUT2D eigenvalue weighted by molar-refractivity contribution is 0.356. The molecular formula is C11H17NOS. The van der Waals surface area contributed by atoms with E-state index in [0.717, 1.165) is 36.6 Å². The Kier molecular flexibility index (Phi) is 4.84. The highest BCUT2D eigenvalue weighted by atomic mass is 32.1. The van der Waals surface area contributed by atoms with Gasteiger partial charge in [0.15, 0.2) is 0 Å². The van der Waals surface area contributed by atoms with Crippen molar-refractivity contribution in [3.8, 4) is 5.75 Å². The lowest BCUT2D eigenvalue weighted by Gasteiger charge is -1.97. The quantitative estimate of drug-likeness (QED) is 0.699. The first-order valence-electron chi connectivity index (χ1n) is 4.92. The Morgan fingerprint density at radius 2 is 2.21 bits per heavy atom. The maximum atomic E-state index is 5.33. The van der Waals surface area contributed by atoms with Crippen molar-refractivity contribution in [1.82, 2.24) is 0 Å². The van der Waals surface area contributed by atoms with Crippen molar-refractivity contribution in [2.45, 2.75) is 24.7 Å². The van der Waals surface area contributed by atoms with E-state index in [0.29, 0.717) is 0 Å². The summed E-state index contributed by atoms with van der Waals surface area (Å²) in [4.78, 5) is 0.973. The molecule has 0 spiro atoms.